The van der Waals surface area contributed by atoms with Crippen molar-refractivity contribution in [3.05, 3.63) is 69.3 Å². The van der Waals surface area contributed by atoms with E-state index in [9.17, 15) is 21.6 Å². The number of nitrogens with zero attached hydrogens (tertiary/aromatic N) is 1. The van der Waals surface area contributed by atoms with Crippen LogP contribution in [-0.2, 0) is 10.0 Å². The average molecular weight is 449 g/mol. The quantitative estimate of drug-likeness (QED) is 0.493. The van der Waals surface area contributed by atoms with Crippen LogP contribution in [0.5, 0.6) is 0 Å². The summed E-state index contributed by atoms with van der Waals surface area (Å²) in [6.07, 6.45) is -1.26. The lowest BCUT2D eigenvalue weighted by Crippen LogP contribution is -2.22. The number of nitrogens with one attached hydrogen (secondary N) is 2. The van der Waals surface area contributed by atoms with E-state index in [1.54, 1.807) is 0 Å². The van der Waals surface area contributed by atoms with Crippen molar-refractivity contribution in [3.63, 3.8) is 0 Å². The van der Waals surface area contributed by atoms with Crippen LogP contribution in [0.2, 0.25) is 5.02 Å². The van der Waals surface area contributed by atoms with E-state index >= 15 is 0 Å². The predicted octanol–water partition coefficient (Wildman–Crippen LogP) is 4.08. The number of halogens is 4. The molecule has 0 aliphatic rings. The molecule has 12 heteroatoms. The molecule has 0 radical (unpaired) electrons. The van der Waals surface area contributed by atoms with Crippen LogP contribution >= 0.6 is 22.9 Å². The Kier molecular flexibility index (Phi) is 5.79. The van der Waals surface area contributed by atoms with E-state index in [2.05, 4.69) is 15.0 Å². The van der Waals surface area contributed by atoms with Crippen molar-refractivity contribution >= 4 is 44.5 Å². The van der Waals surface area contributed by atoms with Gasteiger partial charge < -0.3 is 11.1 Å². The van der Waals surface area contributed by atoms with Crippen LogP contribution in [0.15, 0.2) is 46.1 Å². The van der Waals surface area contributed by atoms with Gasteiger partial charge in [-0.15, -0.1) is 11.3 Å². The zero-order chi connectivity index (χ0) is 20.5. The zero-order valence-corrected chi connectivity index (χ0v) is 16.2. The Morgan fingerprint density at radius 3 is 2.57 bits per heavy atom. The van der Waals surface area contributed by atoms with Gasteiger partial charge in [0.2, 0.25) is 0 Å². The molecule has 0 aliphatic heterocycles. The molecule has 3 rings (SSSR count). The molecule has 1 atom stereocenters. The lowest BCUT2D eigenvalue weighted by Gasteiger charge is -2.18. The normalized spacial score (nSPS) is 12.6. The highest BCUT2D eigenvalue weighted by molar-refractivity contribution is 7.92. The van der Waals surface area contributed by atoms with Gasteiger partial charge in [0.05, 0.1) is 16.2 Å². The van der Waals surface area contributed by atoms with Gasteiger partial charge in [-0.1, -0.05) is 11.6 Å². The van der Waals surface area contributed by atoms with Crippen molar-refractivity contribution in [1.29, 1.82) is 0 Å². The van der Waals surface area contributed by atoms with E-state index in [4.69, 9.17) is 17.3 Å². The molecule has 1 heterocycles. The van der Waals surface area contributed by atoms with Crippen LogP contribution < -0.4 is 15.8 Å². The number of hydrogen-bond acceptors (Lipinski definition) is 6. The Balaban J connectivity index is 1.88. The van der Waals surface area contributed by atoms with E-state index < -0.39 is 38.5 Å². The van der Waals surface area contributed by atoms with Gasteiger partial charge in [-0.2, -0.15) is 0 Å². The molecule has 1 aromatic heterocycles. The first-order valence-electron chi connectivity index (χ1n) is 7.54. The van der Waals surface area contributed by atoms with Crippen LogP contribution in [0.1, 0.15) is 11.7 Å². The van der Waals surface area contributed by atoms with Crippen molar-refractivity contribution in [2.24, 2.45) is 5.73 Å². The lowest BCUT2D eigenvalue weighted by atomic mass is 10.1. The SMILES string of the molecule is N[C@H](Nc1cc(F)c(S(=O)(=O)Nc2cscn2)cc1Cl)c1cc(F)ccc1F. The first kappa shape index (κ1) is 20.4. The monoisotopic (exact) mass is 448 g/mol. The molecular weight excluding hydrogens is 437 g/mol. The van der Waals surface area contributed by atoms with E-state index in [-0.39, 0.29) is 22.1 Å². The van der Waals surface area contributed by atoms with Gasteiger partial charge in [0.1, 0.15) is 28.5 Å². The number of aromatic nitrogens is 1. The Bertz CT molecular complexity index is 1110. The number of anilines is 2. The van der Waals surface area contributed by atoms with Crippen molar-refractivity contribution in [2.75, 3.05) is 10.0 Å². The summed E-state index contributed by atoms with van der Waals surface area (Å²) in [7, 11) is -4.28. The van der Waals surface area contributed by atoms with Crippen LogP contribution in [0.3, 0.4) is 0 Å². The third-order valence-electron chi connectivity index (χ3n) is 3.59. The minimum Gasteiger partial charge on any atom is -0.365 e. The van der Waals surface area contributed by atoms with Gasteiger partial charge in [0.15, 0.2) is 5.82 Å². The molecule has 3 aromatic rings. The third kappa shape index (κ3) is 4.38. The second-order valence-electron chi connectivity index (χ2n) is 5.53. The number of hydrogen-bond donors (Lipinski definition) is 3. The standard InChI is InChI=1S/C16H12ClF3N4O2S2/c17-10-4-14(28(25,26)24-15-6-27-7-22-15)12(20)5-13(10)23-16(21)9-3-8(18)1-2-11(9)19/h1-7,16,23-24H,21H2/t16-/m1/s1. The number of rotatable bonds is 6. The van der Waals surface area contributed by atoms with Gasteiger partial charge >= 0.3 is 0 Å². The summed E-state index contributed by atoms with van der Waals surface area (Å²) in [6, 6.07) is 4.38. The second kappa shape index (κ2) is 7.95. The summed E-state index contributed by atoms with van der Waals surface area (Å²) in [5, 5.41) is 3.78. The fourth-order valence-electron chi connectivity index (χ4n) is 2.30. The lowest BCUT2D eigenvalue weighted by molar-refractivity contribution is 0.568. The molecule has 0 fully saturated rings. The molecule has 0 unspecified atom stereocenters. The smallest absolute Gasteiger partial charge is 0.266 e. The fourth-order valence-corrected chi connectivity index (χ4v) is 4.23. The summed E-state index contributed by atoms with van der Waals surface area (Å²) in [4.78, 5) is 3.06. The van der Waals surface area contributed by atoms with Crippen molar-refractivity contribution in [2.45, 2.75) is 11.1 Å². The average Bonchev–Trinajstić information content (AvgIpc) is 3.11. The highest BCUT2D eigenvalue weighted by atomic mass is 35.5. The van der Waals surface area contributed by atoms with Crippen molar-refractivity contribution in [1.82, 2.24) is 4.98 Å². The van der Waals surface area contributed by atoms with E-state index in [1.807, 2.05) is 0 Å². The Morgan fingerprint density at radius 2 is 1.89 bits per heavy atom. The topological polar surface area (TPSA) is 97.1 Å². The molecule has 0 spiro atoms. The van der Waals surface area contributed by atoms with Crippen molar-refractivity contribution in [3.8, 4) is 0 Å². The number of benzene rings is 2. The van der Waals surface area contributed by atoms with Gasteiger partial charge in [0, 0.05) is 10.9 Å². The molecule has 28 heavy (non-hydrogen) atoms. The van der Waals surface area contributed by atoms with Crippen molar-refractivity contribution < 1.29 is 21.6 Å². The van der Waals surface area contributed by atoms with E-state index in [1.165, 1.54) is 10.9 Å². The van der Waals surface area contributed by atoms with Gasteiger partial charge in [0.25, 0.3) is 10.0 Å². The largest absolute Gasteiger partial charge is 0.365 e. The van der Waals surface area contributed by atoms with Crippen LogP contribution in [0.25, 0.3) is 0 Å². The Morgan fingerprint density at radius 1 is 1.14 bits per heavy atom. The molecule has 4 N–H and O–H groups in total. The summed E-state index contributed by atoms with van der Waals surface area (Å²) >= 11 is 7.19. The minimum atomic E-state index is -4.28. The maximum atomic E-state index is 14.4. The Labute approximate surface area is 167 Å². The molecule has 0 saturated heterocycles. The summed E-state index contributed by atoms with van der Waals surface area (Å²) in [6.45, 7) is 0. The second-order valence-corrected chi connectivity index (χ2v) is 8.31. The first-order chi connectivity index (χ1) is 13.2. The maximum absolute atomic E-state index is 14.4. The fraction of sp³-hybridized carbons (Fsp3) is 0.0625. The summed E-state index contributed by atoms with van der Waals surface area (Å²) in [5.74, 6) is -2.57. The number of thiazole rings is 1. The van der Waals surface area contributed by atoms with Crippen LogP contribution in [0, 0.1) is 17.5 Å². The highest BCUT2D eigenvalue weighted by Crippen LogP contribution is 2.31. The summed E-state index contributed by atoms with van der Waals surface area (Å²) in [5.41, 5.74) is 6.89. The number of sulfonamides is 1. The highest BCUT2D eigenvalue weighted by Gasteiger charge is 2.23. The third-order valence-corrected chi connectivity index (χ3v) is 5.86. The molecule has 0 saturated carbocycles. The van der Waals surface area contributed by atoms with E-state index in [0.29, 0.717) is 0 Å². The molecule has 148 valence electrons. The first-order valence-corrected chi connectivity index (χ1v) is 10.3. The molecule has 2 aromatic carbocycles. The van der Waals surface area contributed by atoms with E-state index in [0.717, 1.165) is 41.7 Å². The van der Waals surface area contributed by atoms with Crippen LogP contribution in [0.4, 0.5) is 24.7 Å². The summed E-state index contributed by atoms with van der Waals surface area (Å²) < 4.78 is 68.3. The number of nitrogens with two attached hydrogens (primary N) is 1. The molecular formula is C16H12ClF3N4O2S2. The zero-order valence-electron chi connectivity index (χ0n) is 13.8. The van der Waals surface area contributed by atoms with Gasteiger partial charge in [-0.25, -0.2) is 26.6 Å². The van der Waals surface area contributed by atoms with Gasteiger partial charge in [-0.3, -0.25) is 4.72 Å². The van der Waals surface area contributed by atoms with Gasteiger partial charge in [-0.05, 0) is 30.3 Å². The molecule has 0 bridgehead atoms. The molecule has 0 aliphatic carbocycles. The minimum absolute atomic E-state index is 0.0336. The molecule has 6 nitrogen and oxygen atoms in total. The predicted molar refractivity (Wildman–Crippen MR) is 101 cm³/mol. The Hall–Kier alpha value is -2.34. The molecule has 0 amide bonds. The van der Waals surface area contributed by atoms with Crippen LogP contribution in [-0.4, -0.2) is 13.4 Å². The maximum Gasteiger partial charge on any atom is 0.266 e.